The maximum atomic E-state index is 4.39. The first-order valence-electron chi connectivity index (χ1n) is 6.80. The van der Waals surface area contributed by atoms with Crippen LogP contribution in [0.4, 0.5) is 0 Å². The van der Waals surface area contributed by atoms with Crippen LogP contribution >= 0.6 is 0 Å². The van der Waals surface area contributed by atoms with Crippen molar-refractivity contribution >= 4 is 10.9 Å². The highest BCUT2D eigenvalue weighted by Gasteiger charge is 2.06. The normalized spacial score (nSPS) is 12.4. The summed E-state index contributed by atoms with van der Waals surface area (Å²) in [5.41, 5.74) is 3.51. The molecule has 0 spiro atoms. The molecule has 2 aromatic heterocycles. The molecule has 1 aromatic carbocycles. The van der Waals surface area contributed by atoms with Crippen LogP contribution in [0.5, 0.6) is 0 Å². The molecule has 0 aliphatic heterocycles. The average Bonchev–Trinajstić information content (AvgIpc) is 2.53. The minimum atomic E-state index is 0.274. The van der Waals surface area contributed by atoms with E-state index < -0.39 is 0 Å². The van der Waals surface area contributed by atoms with Gasteiger partial charge in [-0.05, 0) is 36.2 Å². The van der Waals surface area contributed by atoms with Crippen molar-refractivity contribution in [1.82, 2.24) is 15.3 Å². The highest BCUT2D eigenvalue weighted by molar-refractivity contribution is 5.81. The van der Waals surface area contributed by atoms with Gasteiger partial charge in [-0.3, -0.25) is 9.97 Å². The average molecular weight is 263 g/mol. The molecule has 0 amide bonds. The van der Waals surface area contributed by atoms with Gasteiger partial charge < -0.3 is 5.32 Å². The Morgan fingerprint density at radius 3 is 2.80 bits per heavy atom. The van der Waals surface area contributed by atoms with Crippen LogP contribution in [0.2, 0.25) is 0 Å². The van der Waals surface area contributed by atoms with Crippen molar-refractivity contribution in [2.24, 2.45) is 0 Å². The summed E-state index contributed by atoms with van der Waals surface area (Å²) in [6, 6.07) is 14.6. The van der Waals surface area contributed by atoms with Crippen LogP contribution in [0.1, 0.15) is 24.1 Å². The van der Waals surface area contributed by atoms with Gasteiger partial charge in [0.2, 0.25) is 0 Å². The number of hydrogen-bond donors (Lipinski definition) is 1. The Hall–Kier alpha value is -2.26. The SMILES string of the molecule is C[C@H](NCc1ccnc2ccccc12)c1cccnc1. The molecule has 1 atom stereocenters. The predicted octanol–water partition coefficient (Wildman–Crippen LogP) is 3.48. The minimum absolute atomic E-state index is 0.274. The number of fused-ring (bicyclic) bond motifs is 1. The van der Waals surface area contributed by atoms with E-state index in [2.05, 4.69) is 46.5 Å². The first kappa shape index (κ1) is 12.8. The van der Waals surface area contributed by atoms with Gasteiger partial charge in [-0.2, -0.15) is 0 Å². The van der Waals surface area contributed by atoms with Crippen molar-refractivity contribution in [3.05, 3.63) is 72.2 Å². The van der Waals surface area contributed by atoms with Crippen molar-refractivity contribution in [2.75, 3.05) is 0 Å². The van der Waals surface area contributed by atoms with Crippen LogP contribution in [0.3, 0.4) is 0 Å². The molecule has 0 bridgehead atoms. The van der Waals surface area contributed by atoms with Crippen molar-refractivity contribution in [3.8, 4) is 0 Å². The van der Waals surface area contributed by atoms with E-state index in [-0.39, 0.29) is 6.04 Å². The van der Waals surface area contributed by atoms with Crippen molar-refractivity contribution in [3.63, 3.8) is 0 Å². The molecule has 3 nitrogen and oxygen atoms in total. The van der Waals surface area contributed by atoms with Gasteiger partial charge in [0.15, 0.2) is 0 Å². The number of nitrogens with zero attached hydrogens (tertiary/aromatic N) is 2. The van der Waals surface area contributed by atoms with Gasteiger partial charge in [0.25, 0.3) is 0 Å². The lowest BCUT2D eigenvalue weighted by molar-refractivity contribution is 0.574. The van der Waals surface area contributed by atoms with Crippen molar-refractivity contribution in [1.29, 1.82) is 0 Å². The van der Waals surface area contributed by atoms with Crippen molar-refractivity contribution in [2.45, 2.75) is 19.5 Å². The summed E-state index contributed by atoms with van der Waals surface area (Å²) in [6.45, 7) is 2.97. The Kier molecular flexibility index (Phi) is 3.70. The maximum Gasteiger partial charge on any atom is 0.0705 e. The van der Waals surface area contributed by atoms with Crippen LogP contribution in [0.15, 0.2) is 61.1 Å². The molecule has 3 heteroatoms. The van der Waals surface area contributed by atoms with Crippen LogP contribution in [-0.2, 0) is 6.54 Å². The van der Waals surface area contributed by atoms with Crippen LogP contribution in [-0.4, -0.2) is 9.97 Å². The molecule has 3 aromatic rings. The molecule has 0 radical (unpaired) electrons. The summed E-state index contributed by atoms with van der Waals surface area (Å²) in [4.78, 5) is 8.55. The summed E-state index contributed by atoms with van der Waals surface area (Å²) < 4.78 is 0. The smallest absolute Gasteiger partial charge is 0.0705 e. The Balaban J connectivity index is 1.77. The molecule has 0 unspecified atom stereocenters. The third-order valence-corrected chi connectivity index (χ3v) is 3.52. The Labute approximate surface area is 118 Å². The van der Waals surface area contributed by atoms with E-state index in [0.717, 1.165) is 12.1 Å². The summed E-state index contributed by atoms with van der Waals surface area (Å²) in [7, 11) is 0. The Morgan fingerprint density at radius 1 is 1.05 bits per heavy atom. The molecule has 0 saturated heterocycles. The van der Waals surface area contributed by atoms with E-state index in [1.54, 1.807) is 6.20 Å². The van der Waals surface area contributed by atoms with Crippen molar-refractivity contribution < 1.29 is 0 Å². The summed E-state index contributed by atoms with van der Waals surface area (Å²) in [5.74, 6) is 0. The van der Waals surface area contributed by atoms with Gasteiger partial charge in [0.1, 0.15) is 0 Å². The molecule has 100 valence electrons. The van der Waals surface area contributed by atoms with Crippen LogP contribution in [0.25, 0.3) is 10.9 Å². The number of para-hydroxylation sites is 1. The zero-order chi connectivity index (χ0) is 13.8. The lowest BCUT2D eigenvalue weighted by atomic mass is 10.1. The van der Waals surface area contributed by atoms with Gasteiger partial charge in [-0.25, -0.2) is 0 Å². The molecule has 2 heterocycles. The number of nitrogens with one attached hydrogen (secondary N) is 1. The first-order valence-corrected chi connectivity index (χ1v) is 6.80. The summed E-state index contributed by atoms with van der Waals surface area (Å²) in [6.07, 6.45) is 5.57. The fraction of sp³-hybridized carbons (Fsp3) is 0.176. The highest BCUT2D eigenvalue weighted by atomic mass is 14.9. The summed E-state index contributed by atoms with van der Waals surface area (Å²) in [5, 5.41) is 4.75. The third-order valence-electron chi connectivity index (χ3n) is 3.52. The van der Waals surface area contributed by atoms with Gasteiger partial charge in [-0.15, -0.1) is 0 Å². The first-order chi connectivity index (χ1) is 9.84. The molecule has 3 rings (SSSR count). The van der Waals surface area contributed by atoms with E-state index in [9.17, 15) is 0 Å². The largest absolute Gasteiger partial charge is 0.306 e. The van der Waals surface area contributed by atoms with Gasteiger partial charge in [0.05, 0.1) is 5.52 Å². The van der Waals surface area contributed by atoms with Crippen LogP contribution < -0.4 is 5.32 Å². The molecule has 0 aliphatic carbocycles. The zero-order valence-electron chi connectivity index (χ0n) is 11.5. The monoisotopic (exact) mass is 263 g/mol. The van der Waals surface area contributed by atoms with E-state index in [0.29, 0.717) is 0 Å². The van der Waals surface area contributed by atoms with E-state index >= 15 is 0 Å². The lowest BCUT2D eigenvalue weighted by Crippen LogP contribution is -2.18. The van der Waals surface area contributed by atoms with Crippen LogP contribution in [0, 0.1) is 0 Å². The second-order valence-corrected chi connectivity index (χ2v) is 4.88. The van der Waals surface area contributed by atoms with E-state index in [1.807, 2.05) is 30.6 Å². The van der Waals surface area contributed by atoms with E-state index in [1.165, 1.54) is 16.5 Å². The van der Waals surface area contributed by atoms with Gasteiger partial charge in [-0.1, -0.05) is 24.3 Å². The predicted molar refractivity (Wildman–Crippen MR) is 81.2 cm³/mol. The number of rotatable bonds is 4. The van der Waals surface area contributed by atoms with E-state index in [4.69, 9.17) is 0 Å². The molecule has 0 aliphatic rings. The number of pyridine rings is 2. The molecular formula is C17H17N3. The highest BCUT2D eigenvalue weighted by Crippen LogP contribution is 2.17. The fourth-order valence-corrected chi connectivity index (χ4v) is 2.32. The topological polar surface area (TPSA) is 37.8 Å². The second-order valence-electron chi connectivity index (χ2n) is 4.88. The number of hydrogen-bond acceptors (Lipinski definition) is 3. The molecule has 0 saturated carbocycles. The quantitative estimate of drug-likeness (QED) is 0.783. The van der Waals surface area contributed by atoms with Gasteiger partial charge in [0, 0.05) is 36.6 Å². The second kappa shape index (κ2) is 5.80. The lowest BCUT2D eigenvalue weighted by Gasteiger charge is -2.14. The fourth-order valence-electron chi connectivity index (χ4n) is 2.32. The summed E-state index contributed by atoms with van der Waals surface area (Å²) >= 11 is 0. The zero-order valence-corrected chi connectivity index (χ0v) is 11.5. The maximum absolute atomic E-state index is 4.39. The molecular weight excluding hydrogens is 246 g/mol. The number of benzene rings is 1. The minimum Gasteiger partial charge on any atom is -0.306 e. The van der Waals surface area contributed by atoms with Gasteiger partial charge >= 0.3 is 0 Å². The number of aromatic nitrogens is 2. The molecule has 0 fully saturated rings. The standard InChI is InChI=1S/C17H17N3/c1-13(14-5-4-9-18-11-14)20-12-15-8-10-19-17-7-3-2-6-16(15)17/h2-11,13,20H,12H2,1H3/t13-/m0/s1. The molecule has 1 N–H and O–H groups in total. The molecule has 20 heavy (non-hydrogen) atoms. The Bertz CT molecular complexity index is 689. The Morgan fingerprint density at radius 2 is 1.95 bits per heavy atom. The third kappa shape index (κ3) is 2.68.